The Bertz CT molecular complexity index is 2110. The van der Waals surface area contributed by atoms with Crippen LogP contribution in [0, 0.1) is 0 Å². The molecule has 4 rings (SSSR count). The number of rotatable bonds is 17. The number of carbonyl (C=O) groups is 2. The summed E-state index contributed by atoms with van der Waals surface area (Å²) in [6.45, 7) is 14.1. The van der Waals surface area contributed by atoms with Crippen molar-refractivity contribution in [3.8, 4) is 23.0 Å². The van der Waals surface area contributed by atoms with E-state index in [1.165, 1.54) is 60.7 Å². The van der Waals surface area contributed by atoms with Crippen LogP contribution in [-0.4, -0.2) is 37.8 Å². The number of benzene rings is 4. The van der Waals surface area contributed by atoms with Crippen molar-refractivity contribution in [2.45, 2.75) is 100 Å². The largest absolute Gasteiger partial charge is 0.491 e. The smallest absolute Gasteiger partial charge is 0.336 e. The Morgan fingerprint density at radius 2 is 1.16 bits per heavy atom. The molecular formula is C45H52O8S3. The van der Waals surface area contributed by atoms with Crippen molar-refractivity contribution in [2.75, 3.05) is 5.75 Å². The molecule has 0 aromatic heterocycles. The van der Waals surface area contributed by atoms with Crippen LogP contribution in [0.4, 0.5) is 0 Å². The molecule has 11 heteroatoms. The molecule has 2 unspecified atom stereocenters. The predicted molar refractivity (Wildman–Crippen MR) is 230 cm³/mol. The van der Waals surface area contributed by atoms with Crippen molar-refractivity contribution in [2.24, 2.45) is 0 Å². The molecule has 0 aliphatic carbocycles. The normalized spacial score (nSPS) is 13.2. The SMILES string of the molecule is CCCC(S)c1cc(OC(C)(C)C)ccc1/C=C/C(=O)Oc1ccc(S(=O)(=O)c2ccc(OC(=O)/C=C\c3ccc(OC(C)C)cc3C(C)CCS)cc2)cc1. The predicted octanol–water partition coefficient (Wildman–Crippen LogP) is 10.9. The summed E-state index contributed by atoms with van der Waals surface area (Å²) in [6.07, 6.45) is 8.72. The Morgan fingerprint density at radius 3 is 1.62 bits per heavy atom. The number of esters is 2. The molecule has 4 aromatic rings. The molecule has 2 atom stereocenters. The Morgan fingerprint density at radius 1 is 0.696 bits per heavy atom. The lowest BCUT2D eigenvalue weighted by Crippen LogP contribution is -2.23. The van der Waals surface area contributed by atoms with Gasteiger partial charge in [0.2, 0.25) is 9.84 Å². The maximum absolute atomic E-state index is 13.4. The van der Waals surface area contributed by atoms with E-state index in [2.05, 4.69) is 26.5 Å². The van der Waals surface area contributed by atoms with E-state index in [4.69, 9.17) is 31.6 Å². The minimum Gasteiger partial charge on any atom is -0.491 e. The number of hydrogen-bond donors (Lipinski definition) is 2. The van der Waals surface area contributed by atoms with Gasteiger partial charge >= 0.3 is 11.9 Å². The minimum atomic E-state index is -3.93. The van der Waals surface area contributed by atoms with Gasteiger partial charge in [-0.15, -0.1) is 0 Å². The highest BCUT2D eigenvalue weighted by Gasteiger charge is 2.20. The van der Waals surface area contributed by atoms with E-state index in [0.29, 0.717) is 0 Å². The van der Waals surface area contributed by atoms with Crippen LogP contribution < -0.4 is 18.9 Å². The summed E-state index contributed by atoms with van der Waals surface area (Å²) >= 11 is 9.17. The Balaban J connectivity index is 1.39. The molecule has 4 aromatic carbocycles. The molecule has 0 amide bonds. The molecule has 0 fully saturated rings. The average molecular weight is 817 g/mol. The second-order valence-corrected chi connectivity index (χ2v) is 17.7. The van der Waals surface area contributed by atoms with Crippen LogP contribution in [0.25, 0.3) is 12.2 Å². The molecule has 8 nitrogen and oxygen atoms in total. The van der Waals surface area contributed by atoms with Gasteiger partial charge in [0.1, 0.15) is 28.6 Å². The quantitative estimate of drug-likeness (QED) is 0.0470. The van der Waals surface area contributed by atoms with Gasteiger partial charge in [-0.2, -0.15) is 25.3 Å². The first kappa shape index (κ1) is 44.3. The highest BCUT2D eigenvalue weighted by molar-refractivity contribution is 7.91. The molecule has 0 saturated carbocycles. The van der Waals surface area contributed by atoms with Crippen molar-refractivity contribution in [3.63, 3.8) is 0 Å². The molecule has 0 aliphatic rings. The van der Waals surface area contributed by atoms with Crippen molar-refractivity contribution < 1.29 is 37.0 Å². The van der Waals surface area contributed by atoms with E-state index in [-0.39, 0.29) is 44.2 Å². The van der Waals surface area contributed by atoms with Crippen LogP contribution in [0.2, 0.25) is 0 Å². The second-order valence-electron chi connectivity index (χ2n) is 14.6. The molecule has 0 heterocycles. The lowest BCUT2D eigenvalue weighted by Gasteiger charge is -2.23. The van der Waals surface area contributed by atoms with Crippen molar-refractivity contribution in [1.82, 2.24) is 0 Å². The lowest BCUT2D eigenvalue weighted by atomic mass is 9.93. The van der Waals surface area contributed by atoms with Crippen LogP contribution in [0.15, 0.2) is 107 Å². The van der Waals surface area contributed by atoms with Gasteiger partial charge in [0.15, 0.2) is 0 Å². The third-order valence-electron chi connectivity index (χ3n) is 8.43. The fourth-order valence-electron chi connectivity index (χ4n) is 5.79. The number of thiol groups is 2. The van der Waals surface area contributed by atoms with Gasteiger partial charge in [-0.3, -0.25) is 0 Å². The van der Waals surface area contributed by atoms with Crippen LogP contribution >= 0.6 is 25.3 Å². The summed E-state index contributed by atoms with van der Waals surface area (Å²) < 4.78 is 49.6. The highest BCUT2D eigenvalue weighted by Crippen LogP contribution is 2.34. The van der Waals surface area contributed by atoms with E-state index in [0.717, 1.165) is 58.8 Å². The molecule has 0 N–H and O–H groups in total. The molecule has 56 heavy (non-hydrogen) atoms. The van der Waals surface area contributed by atoms with E-state index in [9.17, 15) is 18.0 Å². The fourth-order valence-corrected chi connectivity index (χ4v) is 7.92. The minimum absolute atomic E-state index is 0.00577. The molecule has 0 saturated heterocycles. The second kappa shape index (κ2) is 20.1. The number of sulfone groups is 1. The zero-order chi connectivity index (χ0) is 41.0. The first-order chi connectivity index (χ1) is 26.5. The topological polar surface area (TPSA) is 105 Å². The summed E-state index contributed by atoms with van der Waals surface area (Å²) in [5.74, 6) is 1.53. The van der Waals surface area contributed by atoms with E-state index < -0.39 is 21.8 Å². The number of hydrogen-bond acceptors (Lipinski definition) is 10. The fraction of sp³-hybridized carbons (Fsp3) is 0.333. The van der Waals surface area contributed by atoms with Gasteiger partial charge in [-0.25, -0.2) is 18.0 Å². The number of carbonyl (C=O) groups excluding carboxylic acids is 2. The molecule has 298 valence electrons. The first-order valence-electron chi connectivity index (χ1n) is 18.7. The maximum Gasteiger partial charge on any atom is 0.336 e. The van der Waals surface area contributed by atoms with Gasteiger partial charge in [-0.05, 0) is 166 Å². The third-order valence-corrected chi connectivity index (χ3v) is 11.0. The summed E-state index contributed by atoms with van der Waals surface area (Å²) in [6, 6.07) is 22.6. The van der Waals surface area contributed by atoms with E-state index >= 15 is 0 Å². The zero-order valence-electron chi connectivity index (χ0n) is 33.0. The molecule has 0 bridgehead atoms. The summed E-state index contributed by atoms with van der Waals surface area (Å²) in [7, 11) is -3.93. The van der Waals surface area contributed by atoms with Gasteiger partial charge in [0, 0.05) is 17.4 Å². The van der Waals surface area contributed by atoms with Gasteiger partial charge < -0.3 is 18.9 Å². The molecule has 0 radical (unpaired) electrons. The van der Waals surface area contributed by atoms with Crippen molar-refractivity contribution in [1.29, 1.82) is 0 Å². The molecule has 0 spiro atoms. The van der Waals surface area contributed by atoms with E-state index in [1.807, 2.05) is 71.0 Å². The zero-order valence-corrected chi connectivity index (χ0v) is 35.6. The van der Waals surface area contributed by atoms with E-state index in [1.54, 1.807) is 12.2 Å². The van der Waals surface area contributed by atoms with Gasteiger partial charge in [0.25, 0.3) is 0 Å². The van der Waals surface area contributed by atoms with Crippen molar-refractivity contribution in [3.05, 3.63) is 119 Å². The van der Waals surface area contributed by atoms with Crippen LogP contribution in [0.3, 0.4) is 0 Å². The van der Waals surface area contributed by atoms with Crippen LogP contribution in [0.1, 0.15) is 101 Å². The van der Waals surface area contributed by atoms with Crippen LogP contribution in [-0.2, 0) is 19.4 Å². The molecule has 0 aliphatic heterocycles. The third kappa shape index (κ3) is 13.1. The number of ether oxygens (including phenoxy) is 4. The van der Waals surface area contributed by atoms with Crippen LogP contribution in [0.5, 0.6) is 23.0 Å². The first-order valence-corrected chi connectivity index (χ1v) is 21.3. The van der Waals surface area contributed by atoms with Gasteiger partial charge in [0.05, 0.1) is 15.9 Å². The lowest BCUT2D eigenvalue weighted by molar-refractivity contribution is -0.129. The summed E-state index contributed by atoms with van der Waals surface area (Å²) in [5.41, 5.74) is 3.29. The monoisotopic (exact) mass is 816 g/mol. The van der Waals surface area contributed by atoms with Crippen molar-refractivity contribution >= 4 is 59.2 Å². The average Bonchev–Trinajstić information content (AvgIpc) is 3.13. The Kier molecular flexibility index (Phi) is 15.9. The Hall–Kier alpha value is -4.45. The van der Waals surface area contributed by atoms with Gasteiger partial charge in [-0.1, -0.05) is 32.4 Å². The maximum atomic E-state index is 13.4. The molecular weight excluding hydrogens is 765 g/mol. The standard InChI is InChI=1S/C45H52O8S3/c1-8-9-42(55)41-29-37(53-45(5,6)7)15-11-33(41)13-25-44(47)52-35-18-22-39(23-19-35)56(48,49)38-20-16-34(17-21-38)51-43(46)24-12-32-10-14-36(50-30(2)3)28-40(32)31(4)26-27-54/h10-25,28-31,42,54-55H,8-9,26-27H2,1-7H3/b24-12-,25-13+. The highest BCUT2D eigenvalue weighted by atomic mass is 32.2. The summed E-state index contributed by atoms with van der Waals surface area (Å²) in [4.78, 5) is 25.5. The Labute approximate surface area is 343 Å². The summed E-state index contributed by atoms with van der Waals surface area (Å²) in [5, 5.41) is -0.0484.